The molecule has 2 aliphatic heterocycles. The van der Waals surface area contributed by atoms with Crippen LogP contribution >= 0.6 is 0 Å². The van der Waals surface area contributed by atoms with Crippen molar-refractivity contribution in [1.82, 2.24) is 29.6 Å². The van der Waals surface area contributed by atoms with Crippen LogP contribution in [0.15, 0.2) is 73.1 Å². The number of aryl methyl sites for hydroxylation is 2. The van der Waals surface area contributed by atoms with Crippen molar-refractivity contribution >= 4 is 53.8 Å². The first kappa shape index (κ1) is 53.1. The molecular formula is C57H68F2N6O6Si. The summed E-state index contributed by atoms with van der Waals surface area (Å²) in [5, 5.41) is 12.5. The van der Waals surface area contributed by atoms with Crippen molar-refractivity contribution in [1.29, 1.82) is 0 Å². The van der Waals surface area contributed by atoms with Crippen LogP contribution in [0.2, 0.25) is 16.6 Å². The van der Waals surface area contributed by atoms with Gasteiger partial charge in [0, 0.05) is 91.4 Å². The van der Waals surface area contributed by atoms with Crippen molar-refractivity contribution in [2.24, 2.45) is 0 Å². The number of hydrogen-bond donors (Lipinski definition) is 1. The van der Waals surface area contributed by atoms with Gasteiger partial charge in [-0.15, -0.1) is 0 Å². The molecule has 0 bridgehead atoms. The lowest BCUT2D eigenvalue weighted by molar-refractivity contribution is -0.129. The van der Waals surface area contributed by atoms with Gasteiger partial charge >= 0.3 is 0 Å². The second kappa shape index (κ2) is 21.5. The maximum absolute atomic E-state index is 13.7. The molecule has 72 heavy (non-hydrogen) atoms. The van der Waals surface area contributed by atoms with Gasteiger partial charge in [-0.2, -0.15) is 0 Å². The number of aromatic nitrogens is 2. The fourth-order valence-corrected chi connectivity index (χ4v) is 16.0. The van der Waals surface area contributed by atoms with Gasteiger partial charge in [-0.3, -0.25) is 29.1 Å². The molecule has 0 radical (unpaired) electrons. The van der Waals surface area contributed by atoms with Crippen LogP contribution in [0, 0.1) is 11.6 Å². The molecule has 0 spiro atoms. The molecular weight excluding hydrogens is 931 g/mol. The summed E-state index contributed by atoms with van der Waals surface area (Å²) in [5.41, 5.74) is 10.2. The van der Waals surface area contributed by atoms with E-state index in [1.807, 2.05) is 19.3 Å². The third kappa shape index (κ3) is 10.6. The maximum atomic E-state index is 13.7. The zero-order chi connectivity index (χ0) is 52.5. The van der Waals surface area contributed by atoms with Crippen molar-refractivity contribution in [3.05, 3.63) is 140 Å². The topological polar surface area (TPSA) is 136 Å². The Hall–Kier alpha value is -6.74. The molecule has 4 aromatic carbocycles. The standard InChI is InChI=1S/C33H44FN3O3Si.C24H24FN3O3/c1-20(2)41(21(3)4,22(5)6)40-32-30-28(19-37(9)33(30)39)26(14-15-29(38)36(7)8)27-17-24(18-35-31(27)32)16-23-10-12-25(34)13-11-23;1-27(2)20(29)9-8-17-18-11-15(10-14-4-6-16(25)7-5-14)12-26-22(18)23(30)21-19(17)13-28(3)24(21)31/h10-13,17-18,20-22H,14-16,19H2,1-9H3;4-7,11-12,30H,8-10,13H2,1-3H3. The Morgan fingerprint density at radius 3 is 1.44 bits per heavy atom. The first-order valence-corrected chi connectivity index (χ1v) is 26.9. The Balaban J connectivity index is 0.000000219. The molecule has 4 heterocycles. The number of phenolic OH excluding ortho intramolecular Hbond substituents is 1. The Morgan fingerprint density at radius 1 is 0.639 bits per heavy atom. The summed E-state index contributed by atoms with van der Waals surface area (Å²) < 4.78 is 34.0. The lowest BCUT2D eigenvalue weighted by Crippen LogP contribution is -2.51. The van der Waals surface area contributed by atoms with Gasteiger partial charge in [0.05, 0.1) is 11.1 Å². The largest absolute Gasteiger partial charge is 0.541 e. The lowest BCUT2D eigenvalue weighted by Gasteiger charge is -2.42. The number of amides is 4. The fraction of sp³-hybridized carbons (Fsp3) is 0.404. The van der Waals surface area contributed by atoms with Crippen LogP contribution in [0.4, 0.5) is 8.78 Å². The number of aromatic hydroxyl groups is 1. The molecule has 4 amide bonds. The molecule has 0 unspecified atom stereocenters. The van der Waals surface area contributed by atoms with Crippen LogP contribution in [0.5, 0.6) is 11.5 Å². The molecule has 0 atom stereocenters. The number of benzene rings is 4. The Bertz CT molecular complexity index is 3030. The van der Waals surface area contributed by atoms with Gasteiger partial charge in [0.25, 0.3) is 20.1 Å². The van der Waals surface area contributed by atoms with Crippen LogP contribution in [-0.2, 0) is 48.4 Å². The molecule has 0 saturated heterocycles. The highest BCUT2D eigenvalue weighted by Crippen LogP contribution is 2.48. The van der Waals surface area contributed by atoms with Gasteiger partial charge in [0.15, 0.2) is 5.75 Å². The van der Waals surface area contributed by atoms with Crippen molar-refractivity contribution < 1.29 is 37.5 Å². The highest BCUT2D eigenvalue weighted by Gasteiger charge is 2.49. The van der Waals surface area contributed by atoms with Crippen LogP contribution < -0.4 is 4.43 Å². The fourth-order valence-electron chi connectivity index (χ4n) is 10.8. The zero-order valence-corrected chi connectivity index (χ0v) is 44.7. The minimum absolute atomic E-state index is 0.0110. The summed E-state index contributed by atoms with van der Waals surface area (Å²) in [6, 6.07) is 16.9. The number of rotatable bonds is 15. The van der Waals surface area contributed by atoms with Crippen molar-refractivity contribution in [2.45, 2.75) is 110 Å². The van der Waals surface area contributed by atoms with Gasteiger partial charge in [0.2, 0.25) is 11.8 Å². The molecule has 6 aromatic rings. The average molecular weight is 999 g/mol. The Labute approximate surface area is 423 Å². The van der Waals surface area contributed by atoms with Crippen LogP contribution in [0.3, 0.4) is 0 Å². The SMILES string of the molecule is CC(C)[Si](Oc1c2c(c(CCC(=O)N(C)C)c3cc(Cc4ccc(F)cc4)cnc13)CN(C)C2=O)(C(C)C)C(C)C.CN(C)C(=O)CCc1c2c(c(O)c3ncc(Cc4ccc(F)cc4)cc13)C(=O)N(C)C2. The van der Waals surface area contributed by atoms with E-state index in [0.717, 1.165) is 55.3 Å². The second-order valence-electron chi connectivity index (χ2n) is 20.7. The number of carbonyl (C=O) groups excluding carboxylic acids is 4. The molecule has 2 aliphatic rings. The van der Waals surface area contributed by atoms with E-state index in [4.69, 9.17) is 9.41 Å². The van der Waals surface area contributed by atoms with Gasteiger partial charge < -0.3 is 29.1 Å². The van der Waals surface area contributed by atoms with E-state index < -0.39 is 8.32 Å². The molecule has 0 saturated carbocycles. The minimum atomic E-state index is -2.44. The smallest absolute Gasteiger partial charge is 0.258 e. The lowest BCUT2D eigenvalue weighted by atomic mass is 9.92. The van der Waals surface area contributed by atoms with Crippen molar-refractivity contribution in [3.63, 3.8) is 0 Å². The molecule has 12 nitrogen and oxygen atoms in total. The predicted molar refractivity (Wildman–Crippen MR) is 281 cm³/mol. The van der Waals surface area contributed by atoms with Gasteiger partial charge in [0.1, 0.15) is 28.4 Å². The molecule has 0 aliphatic carbocycles. The Morgan fingerprint density at radius 2 is 1.03 bits per heavy atom. The van der Waals surface area contributed by atoms with Crippen molar-refractivity contribution in [2.75, 3.05) is 42.3 Å². The molecule has 380 valence electrons. The number of pyridine rings is 2. The normalized spacial score (nSPS) is 13.3. The zero-order valence-electron chi connectivity index (χ0n) is 43.7. The summed E-state index contributed by atoms with van der Waals surface area (Å²) in [6.07, 6.45) is 6.21. The summed E-state index contributed by atoms with van der Waals surface area (Å²) in [4.78, 5) is 67.1. The first-order chi connectivity index (χ1) is 34.0. The summed E-state index contributed by atoms with van der Waals surface area (Å²) in [6.45, 7) is 14.3. The van der Waals surface area contributed by atoms with Gasteiger partial charge in [-0.05, 0) is 123 Å². The first-order valence-electron chi connectivity index (χ1n) is 24.7. The minimum Gasteiger partial charge on any atom is -0.541 e. The highest BCUT2D eigenvalue weighted by atomic mass is 28.4. The second-order valence-corrected chi connectivity index (χ2v) is 26.1. The summed E-state index contributed by atoms with van der Waals surface area (Å²) >= 11 is 0. The molecule has 8 rings (SSSR count). The van der Waals surface area contributed by atoms with E-state index >= 15 is 0 Å². The number of halogens is 2. The van der Waals surface area contributed by atoms with E-state index in [9.17, 15) is 33.1 Å². The molecule has 2 aromatic heterocycles. The van der Waals surface area contributed by atoms with E-state index in [1.165, 1.54) is 29.2 Å². The predicted octanol–water partition coefficient (Wildman–Crippen LogP) is 10.4. The average Bonchev–Trinajstić information content (AvgIpc) is 3.80. The molecule has 1 N–H and O–H groups in total. The highest BCUT2D eigenvalue weighted by molar-refractivity contribution is 6.78. The third-order valence-electron chi connectivity index (χ3n) is 14.5. The maximum Gasteiger partial charge on any atom is 0.258 e. The number of carbonyl (C=O) groups is 4. The van der Waals surface area contributed by atoms with E-state index in [1.54, 1.807) is 80.4 Å². The molecule has 15 heteroatoms. The van der Waals surface area contributed by atoms with Crippen LogP contribution in [0.1, 0.15) is 120 Å². The number of hydrogen-bond acceptors (Lipinski definition) is 8. The van der Waals surface area contributed by atoms with Crippen LogP contribution in [-0.4, -0.2) is 109 Å². The Kier molecular flexibility index (Phi) is 15.9. The van der Waals surface area contributed by atoms with E-state index in [0.29, 0.717) is 90.6 Å². The quantitative estimate of drug-likeness (QED) is 0.100. The van der Waals surface area contributed by atoms with Crippen molar-refractivity contribution in [3.8, 4) is 11.5 Å². The molecule has 0 fully saturated rings. The number of fused-ring (bicyclic) bond motifs is 4. The van der Waals surface area contributed by atoms with Gasteiger partial charge in [-0.1, -0.05) is 65.8 Å². The van der Waals surface area contributed by atoms with Gasteiger partial charge in [-0.25, -0.2) is 8.78 Å². The third-order valence-corrected chi connectivity index (χ3v) is 20.5. The number of phenols is 1. The van der Waals surface area contributed by atoms with E-state index in [2.05, 4.69) is 52.6 Å². The number of nitrogens with zero attached hydrogens (tertiary/aromatic N) is 6. The van der Waals surface area contributed by atoms with E-state index in [-0.39, 0.29) is 46.6 Å². The summed E-state index contributed by atoms with van der Waals surface area (Å²) in [7, 11) is 8.01. The van der Waals surface area contributed by atoms with Crippen LogP contribution in [0.25, 0.3) is 21.8 Å². The monoisotopic (exact) mass is 998 g/mol. The summed E-state index contributed by atoms with van der Waals surface area (Å²) in [5.74, 6) is -0.354.